The molecule has 0 aliphatic heterocycles. The van der Waals surface area contributed by atoms with Crippen molar-refractivity contribution in [2.45, 2.75) is 5.41 Å². The maximum atomic E-state index is 6.68. The van der Waals surface area contributed by atoms with E-state index in [0.717, 1.165) is 54.8 Å². The van der Waals surface area contributed by atoms with Gasteiger partial charge in [-0.1, -0.05) is 146 Å². The largest absolute Gasteiger partial charge is 0.456 e. The van der Waals surface area contributed by atoms with Crippen molar-refractivity contribution in [1.82, 2.24) is 0 Å². The average Bonchev–Trinajstić information content (AvgIpc) is 4.03. The molecule has 0 amide bonds. The van der Waals surface area contributed by atoms with Crippen LogP contribution in [0, 0.1) is 0 Å². The van der Waals surface area contributed by atoms with Crippen LogP contribution < -0.4 is 0 Å². The molecule has 59 heavy (non-hydrogen) atoms. The first-order valence-corrected chi connectivity index (χ1v) is 20.4. The predicted octanol–water partition coefficient (Wildman–Crippen LogP) is 15.5. The summed E-state index contributed by atoms with van der Waals surface area (Å²) in [6, 6.07) is 71.5. The van der Waals surface area contributed by atoms with Crippen LogP contribution in [0.4, 0.5) is 0 Å². The molecule has 0 saturated carbocycles. The Morgan fingerprint density at radius 1 is 0.288 bits per heavy atom. The van der Waals surface area contributed by atoms with E-state index in [0.29, 0.717) is 0 Å². The summed E-state index contributed by atoms with van der Waals surface area (Å²) in [6.07, 6.45) is 0. The molecule has 2 aromatic heterocycles. The highest BCUT2D eigenvalue weighted by molar-refractivity contribution is 6.19. The molecule has 0 unspecified atom stereocenters. The Kier molecular flexibility index (Phi) is 5.99. The second-order valence-corrected chi connectivity index (χ2v) is 16.3. The zero-order valence-corrected chi connectivity index (χ0v) is 31.8. The molecule has 0 bridgehead atoms. The molecule has 0 N–H and O–H groups in total. The van der Waals surface area contributed by atoms with Gasteiger partial charge < -0.3 is 8.83 Å². The van der Waals surface area contributed by atoms with Gasteiger partial charge in [0.25, 0.3) is 0 Å². The van der Waals surface area contributed by atoms with Crippen molar-refractivity contribution < 1.29 is 8.83 Å². The van der Waals surface area contributed by atoms with Gasteiger partial charge in [0.1, 0.15) is 22.3 Å². The molecular weight excluding hydrogens is 717 g/mol. The van der Waals surface area contributed by atoms with Crippen LogP contribution in [-0.2, 0) is 5.41 Å². The SMILES string of the molecule is c1ccc2c(c1)-c1ccccc1C21c2cc(-c3cccc4oc5c6ccccc6ccc5c34)ccc2-c2cc3c(-c4ccc5c(c4)oc4ccccc45)cccc3cc21. The lowest BCUT2D eigenvalue weighted by molar-refractivity contribution is 0.669. The van der Waals surface area contributed by atoms with Gasteiger partial charge in [0, 0.05) is 26.9 Å². The first kappa shape index (κ1) is 31.4. The lowest BCUT2D eigenvalue weighted by Crippen LogP contribution is -2.25. The maximum Gasteiger partial charge on any atom is 0.143 e. The van der Waals surface area contributed by atoms with E-state index >= 15 is 0 Å². The Labute approximate surface area is 339 Å². The summed E-state index contributed by atoms with van der Waals surface area (Å²) in [7, 11) is 0. The van der Waals surface area contributed by atoms with E-state index in [9.17, 15) is 0 Å². The minimum atomic E-state index is -0.492. The molecule has 0 saturated heterocycles. The summed E-state index contributed by atoms with van der Waals surface area (Å²) in [5.41, 5.74) is 18.4. The van der Waals surface area contributed by atoms with Gasteiger partial charge in [-0.3, -0.25) is 0 Å². The average molecular weight is 749 g/mol. The standard InChI is InChI=1S/C57H32O2/c1-2-13-39-33(11-1)23-28-45-55-38(18-10-22-53(55)59-56(39)45)35-24-26-42-47-32-46-34(12-9-17-37(46)36-25-27-44-43-16-5-8-21-52(43)58-54(44)31-36)29-51(47)57(50(42)30-35)48-19-6-3-14-40(48)41-15-4-7-20-49(41)57/h1-32H. The summed E-state index contributed by atoms with van der Waals surface area (Å²) in [4.78, 5) is 0. The molecule has 2 aliphatic carbocycles. The highest BCUT2D eigenvalue weighted by Crippen LogP contribution is 2.64. The normalized spacial score (nSPS) is 13.6. The van der Waals surface area contributed by atoms with Crippen LogP contribution in [0.3, 0.4) is 0 Å². The molecule has 2 heterocycles. The summed E-state index contributed by atoms with van der Waals surface area (Å²) >= 11 is 0. The number of furan rings is 2. The lowest BCUT2D eigenvalue weighted by atomic mass is 9.70. The molecule has 12 aromatic rings. The van der Waals surface area contributed by atoms with Gasteiger partial charge in [0.05, 0.1) is 5.41 Å². The minimum absolute atomic E-state index is 0.492. The fourth-order valence-corrected chi connectivity index (χ4v) is 11.0. The summed E-state index contributed by atoms with van der Waals surface area (Å²) < 4.78 is 13.1. The van der Waals surface area contributed by atoms with Crippen LogP contribution in [-0.4, -0.2) is 0 Å². The fraction of sp³-hybridized carbons (Fsp3) is 0.0175. The Balaban J connectivity index is 1.05. The molecule has 14 rings (SSSR count). The predicted molar refractivity (Wildman–Crippen MR) is 243 cm³/mol. The van der Waals surface area contributed by atoms with Crippen molar-refractivity contribution in [2.24, 2.45) is 0 Å². The Morgan fingerprint density at radius 2 is 0.898 bits per heavy atom. The third-order valence-electron chi connectivity index (χ3n) is 13.5. The maximum absolute atomic E-state index is 6.68. The van der Waals surface area contributed by atoms with Crippen LogP contribution in [0.5, 0.6) is 0 Å². The third-order valence-corrected chi connectivity index (χ3v) is 13.5. The van der Waals surface area contributed by atoms with Crippen molar-refractivity contribution in [3.05, 3.63) is 216 Å². The molecule has 2 nitrogen and oxygen atoms in total. The van der Waals surface area contributed by atoms with Gasteiger partial charge in [-0.15, -0.1) is 0 Å². The quantitative estimate of drug-likeness (QED) is 0.176. The number of benzene rings is 10. The molecule has 272 valence electrons. The molecule has 2 aliphatic rings. The molecule has 0 radical (unpaired) electrons. The third kappa shape index (κ3) is 4.00. The Hall–Kier alpha value is -7.68. The number of fused-ring (bicyclic) bond motifs is 19. The first-order chi connectivity index (χ1) is 29.2. The molecule has 0 atom stereocenters. The van der Waals surface area contributed by atoms with Crippen LogP contribution in [0.1, 0.15) is 22.3 Å². The molecule has 1 spiro atoms. The minimum Gasteiger partial charge on any atom is -0.456 e. The van der Waals surface area contributed by atoms with E-state index in [2.05, 4.69) is 182 Å². The van der Waals surface area contributed by atoms with Gasteiger partial charge in [-0.25, -0.2) is 0 Å². The van der Waals surface area contributed by atoms with Crippen molar-refractivity contribution in [1.29, 1.82) is 0 Å². The second-order valence-electron chi connectivity index (χ2n) is 16.3. The van der Waals surface area contributed by atoms with Crippen molar-refractivity contribution in [2.75, 3.05) is 0 Å². The van der Waals surface area contributed by atoms with Gasteiger partial charge in [0.15, 0.2) is 0 Å². The monoisotopic (exact) mass is 748 g/mol. The van der Waals surface area contributed by atoms with E-state index in [4.69, 9.17) is 8.83 Å². The van der Waals surface area contributed by atoms with Crippen LogP contribution in [0.15, 0.2) is 203 Å². The zero-order valence-electron chi connectivity index (χ0n) is 31.8. The number of hydrogen-bond donors (Lipinski definition) is 0. The molecule has 10 aromatic carbocycles. The van der Waals surface area contributed by atoms with Crippen LogP contribution >= 0.6 is 0 Å². The van der Waals surface area contributed by atoms with E-state index in [1.807, 2.05) is 12.1 Å². The van der Waals surface area contributed by atoms with Crippen LogP contribution in [0.25, 0.3) is 110 Å². The van der Waals surface area contributed by atoms with E-state index < -0.39 is 5.41 Å². The number of hydrogen-bond acceptors (Lipinski definition) is 2. The van der Waals surface area contributed by atoms with Crippen molar-refractivity contribution >= 4 is 65.4 Å². The smallest absolute Gasteiger partial charge is 0.143 e. The molecular formula is C57H32O2. The summed E-state index contributed by atoms with van der Waals surface area (Å²) in [5, 5.41) is 9.36. The Morgan fingerprint density at radius 3 is 1.78 bits per heavy atom. The van der Waals surface area contributed by atoms with E-state index in [1.165, 1.54) is 77.4 Å². The molecule has 0 fully saturated rings. The lowest BCUT2D eigenvalue weighted by Gasteiger charge is -2.31. The van der Waals surface area contributed by atoms with E-state index in [-0.39, 0.29) is 0 Å². The first-order valence-electron chi connectivity index (χ1n) is 20.4. The highest BCUT2D eigenvalue weighted by Gasteiger charge is 2.51. The van der Waals surface area contributed by atoms with Gasteiger partial charge in [-0.2, -0.15) is 0 Å². The van der Waals surface area contributed by atoms with Crippen molar-refractivity contribution in [3.63, 3.8) is 0 Å². The molecule has 2 heteroatoms. The van der Waals surface area contributed by atoms with Crippen LogP contribution in [0.2, 0.25) is 0 Å². The van der Waals surface area contributed by atoms with Gasteiger partial charge >= 0.3 is 0 Å². The highest BCUT2D eigenvalue weighted by atomic mass is 16.3. The topological polar surface area (TPSA) is 26.3 Å². The zero-order chi connectivity index (χ0) is 38.4. The summed E-state index contributed by atoms with van der Waals surface area (Å²) in [5.74, 6) is 0. The fourth-order valence-electron chi connectivity index (χ4n) is 11.0. The Bertz CT molecular complexity index is 3750. The van der Waals surface area contributed by atoms with Gasteiger partial charge in [0.2, 0.25) is 0 Å². The van der Waals surface area contributed by atoms with Gasteiger partial charge in [-0.05, 0) is 131 Å². The second kappa shape index (κ2) is 11.2. The van der Waals surface area contributed by atoms with E-state index in [1.54, 1.807) is 0 Å². The summed E-state index contributed by atoms with van der Waals surface area (Å²) in [6.45, 7) is 0. The van der Waals surface area contributed by atoms with Crippen molar-refractivity contribution in [3.8, 4) is 44.5 Å². The number of para-hydroxylation sites is 1. The number of rotatable bonds is 2.